The van der Waals surface area contributed by atoms with Crippen molar-refractivity contribution >= 4 is 47.3 Å². The minimum Gasteiger partial charge on any atom is -0.448 e. The van der Waals surface area contributed by atoms with Gasteiger partial charge in [-0.05, 0) is 58.4 Å². The summed E-state index contributed by atoms with van der Waals surface area (Å²) in [4.78, 5) is 63.3. The van der Waals surface area contributed by atoms with Crippen molar-refractivity contribution in [2.75, 3.05) is 45.2 Å². The Morgan fingerprint density at radius 2 is 1.55 bits per heavy atom. The number of carbonyl (C=O) groups is 5. The molecule has 4 rings (SSSR count). The number of anilines is 1. The molecule has 8 N–H and O–H groups in total. The molecule has 0 bridgehead atoms. The van der Waals surface area contributed by atoms with Gasteiger partial charge in [0.1, 0.15) is 25.8 Å². The van der Waals surface area contributed by atoms with Gasteiger partial charge in [0.05, 0.1) is 0 Å². The number of alkyl carbamates (subject to hydrolysis) is 1. The van der Waals surface area contributed by atoms with Crippen LogP contribution in [-0.4, -0.2) is 80.9 Å². The van der Waals surface area contributed by atoms with Crippen molar-refractivity contribution in [1.29, 1.82) is 0 Å². The Morgan fingerprint density at radius 3 is 2.15 bits per heavy atom. The third-order valence-electron chi connectivity index (χ3n) is 8.04. The Balaban J connectivity index is 0.00000243. The van der Waals surface area contributed by atoms with Crippen molar-refractivity contribution in [3.05, 3.63) is 89.0 Å². The molecule has 286 valence electrons. The highest BCUT2D eigenvalue weighted by Gasteiger charge is 2.29. The molecule has 0 spiro atoms. The van der Waals surface area contributed by atoms with Crippen LogP contribution in [0.15, 0.2) is 66.7 Å². The van der Waals surface area contributed by atoms with E-state index in [-0.39, 0.29) is 51.1 Å². The fourth-order valence-electron chi connectivity index (χ4n) is 5.62. The van der Waals surface area contributed by atoms with Gasteiger partial charge in [0.2, 0.25) is 11.8 Å². The van der Waals surface area contributed by atoms with Crippen molar-refractivity contribution < 1.29 is 33.4 Å². The molecule has 0 radical (unpaired) electrons. The smallest absolute Gasteiger partial charge is 0.409 e. The number of nitrogens with one attached hydrogen (secondary N) is 4. The number of benzene rings is 3. The first-order valence-corrected chi connectivity index (χ1v) is 18.0. The molecule has 1 aliphatic rings. The van der Waals surface area contributed by atoms with E-state index in [0.717, 1.165) is 27.8 Å². The van der Waals surface area contributed by atoms with E-state index in [1.165, 1.54) is 11.3 Å². The Kier molecular flexibility index (Phi) is 17.4. The van der Waals surface area contributed by atoms with E-state index in [2.05, 4.69) is 59.4 Å². The van der Waals surface area contributed by atoms with E-state index in [1.54, 1.807) is 25.2 Å². The van der Waals surface area contributed by atoms with Crippen LogP contribution in [-0.2, 0) is 31.5 Å². The van der Waals surface area contributed by atoms with Crippen molar-refractivity contribution in [2.45, 2.75) is 57.5 Å². The highest BCUT2D eigenvalue weighted by Crippen LogP contribution is 2.44. The van der Waals surface area contributed by atoms with Gasteiger partial charge < -0.3 is 47.1 Å². The molecule has 0 fully saturated rings. The van der Waals surface area contributed by atoms with Crippen molar-refractivity contribution in [3.63, 3.8) is 0 Å². The summed E-state index contributed by atoms with van der Waals surface area (Å²) in [6, 6.07) is 19.5. The summed E-state index contributed by atoms with van der Waals surface area (Å²) < 4.78 is 10.6. The van der Waals surface area contributed by atoms with Crippen LogP contribution in [0.25, 0.3) is 11.1 Å². The van der Waals surface area contributed by atoms with Crippen LogP contribution in [0.1, 0.15) is 61.3 Å². The van der Waals surface area contributed by atoms with Crippen LogP contribution in [0.3, 0.4) is 0 Å². The van der Waals surface area contributed by atoms with Gasteiger partial charge in [0, 0.05) is 44.2 Å². The summed E-state index contributed by atoms with van der Waals surface area (Å²) in [5.41, 5.74) is 16.7. The number of urea groups is 1. The van der Waals surface area contributed by atoms with Gasteiger partial charge in [-0.2, -0.15) is 0 Å². The number of rotatable bonds is 16. The minimum absolute atomic E-state index is 0.0165. The molecule has 1 unspecified atom stereocenters. The summed E-state index contributed by atoms with van der Waals surface area (Å²) in [5.74, 6) is -1.11. The lowest BCUT2D eigenvalue weighted by molar-refractivity contribution is -0.126. The number of hydrogen-bond donors (Lipinski definition) is 6. The largest absolute Gasteiger partial charge is 0.448 e. The van der Waals surface area contributed by atoms with E-state index in [9.17, 15) is 24.0 Å². The number of hydrogen-bond acceptors (Lipinski definition) is 8. The van der Waals surface area contributed by atoms with Crippen LogP contribution >= 0.6 is 11.6 Å². The molecule has 53 heavy (non-hydrogen) atoms. The molecule has 3 aromatic rings. The fourth-order valence-corrected chi connectivity index (χ4v) is 5.88. The molecule has 0 saturated heterocycles. The fraction of sp³-hybridized carbons (Fsp3) is 0.395. The van der Waals surface area contributed by atoms with Crippen LogP contribution in [0.4, 0.5) is 20.1 Å². The Morgan fingerprint density at radius 1 is 0.906 bits per heavy atom. The monoisotopic (exact) mass is 751 g/mol. The quantitative estimate of drug-likeness (QED) is 0.0885. The Labute approximate surface area is 315 Å². The molecule has 0 heterocycles. The van der Waals surface area contributed by atoms with Gasteiger partial charge in [0.25, 0.3) is 0 Å². The second kappa shape index (κ2) is 21.9. The van der Waals surface area contributed by atoms with E-state index in [0.29, 0.717) is 17.7 Å². The van der Waals surface area contributed by atoms with Gasteiger partial charge in [-0.1, -0.05) is 74.9 Å². The number of carbonyl (C=O) groups excluding carboxylic acids is 5. The zero-order valence-electron chi connectivity index (χ0n) is 30.4. The van der Waals surface area contributed by atoms with E-state index < -0.39 is 42.6 Å². The first kappa shape index (κ1) is 42.1. The maximum Gasteiger partial charge on any atom is 0.409 e. The number of nitrogens with zero attached hydrogens (tertiary/aromatic N) is 1. The molecule has 0 saturated carbocycles. The number of amides is 6. The third-order valence-corrected chi connectivity index (χ3v) is 8.33. The first-order chi connectivity index (χ1) is 25.5. The predicted octanol–water partition coefficient (Wildman–Crippen LogP) is 4.78. The van der Waals surface area contributed by atoms with Crippen molar-refractivity contribution in [2.24, 2.45) is 11.5 Å². The average molecular weight is 752 g/mol. The van der Waals surface area contributed by atoms with Crippen LogP contribution in [0.2, 0.25) is 0 Å². The molecule has 0 aliphatic heterocycles. The third kappa shape index (κ3) is 13.0. The first-order valence-electron chi connectivity index (χ1n) is 17.5. The topological polar surface area (TPSA) is 207 Å². The maximum atomic E-state index is 13.4. The highest BCUT2D eigenvalue weighted by molar-refractivity contribution is 6.17. The number of primary amides is 1. The lowest BCUT2D eigenvalue weighted by Gasteiger charge is -2.22. The average Bonchev–Trinajstić information content (AvgIpc) is 3.47. The van der Waals surface area contributed by atoms with Crippen LogP contribution < -0.4 is 32.7 Å². The number of halogens is 1. The van der Waals surface area contributed by atoms with Gasteiger partial charge in [-0.25, -0.2) is 14.4 Å². The van der Waals surface area contributed by atoms with E-state index in [4.69, 9.17) is 32.5 Å². The normalized spacial score (nSPS) is 11.8. The zero-order valence-corrected chi connectivity index (χ0v) is 31.2. The highest BCUT2D eigenvalue weighted by atomic mass is 35.5. The summed E-state index contributed by atoms with van der Waals surface area (Å²) in [6.07, 6.45) is 0.364. The summed E-state index contributed by atoms with van der Waals surface area (Å²) in [5, 5.41) is 10.1. The lowest BCUT2D eigenvalue weighted by atomic mass is 9.98. The van der Waals surface area contributed by atoms with E-state index in [1.807, 2.05) is 24.3 Å². The van der Waals surface area contributed by atoms with E-state index >= 15 is 0 Å². The second-order valence-corrected chi connectivity index (χ2v) is 12.6. The van der Waals surface area contributed by atoms with Crippen molar-refractivity contribution in [1.82, 2.24) is 20.9 Å². The maximum absolute atomic E-state index is 13.4. The molecule has 6 amide bonds. The Bertz CT molecular complexity index is 1660. The van der Waals surface area contributed by atoms with Gasteiger partial charge in [-0.3, -0.25) is 9.59 Å². The number of alkyl halides is 1. The predicted molar refractivity (Wildman–Crippen MR) is 204 cm³/mol. The van der Waals surface area contributed by atoms with Crippen molar-refractivity contribution in [3.8, 4) is 11.1 Å². The standard InChI is InChI=1S/C35H42ClN7O7.C3H8/c1-43(35(48)50-21-29-27-9-4-2-7-25(27)26-8-3-5-10-28(26)29)20-23-17-24(13-12-22(23)18-36)41-32(45)30(11-6-15-39-33(38)46)42-31(44)19-40-34(47)49-16-14-37;1-3-2/h2-5,7-10,12-13,17,29-30H,6,11,14-16,18-21,37H2,1H3,(H,40,47)(H,41,45)(H,42,44)(H3,38,39,46);3H2,1-2H3. The molecule has 3 aromatic carbocycles. The molecular weight excluding hydrogens is 702 g/mol. The molecule has 15 heteroatoms. The number of nitrogens with two attached hydrogens (primary N) is 2. The summed E-state index contributed by atoms with van der Waals surface area (Å²) >= 11 is 6.22. The zero-order chi connectivity index (χ0) is 38.8. The minimum atomic E-state index is -1.03. The molecular formula is C38H50ClN7O7. The molecule has 14 nitrogen and oxygen atoms in total. The second-order valence-electron chi connectivity index (χ2n) is 12.3. The molecule has 1 aliphatic carbocycles. The Hall–Kier alpha value is -5.34. The molecule has 1 atom stereocenters. The van der Waals surface area contributed by atoms with Gasteiger partial charge in [-0.15, -0.1) is 11.6 Å². The lowest BCUT2D eigenvalue weighted by Crippen LogP contribution is -2.48. The summed E-state index contributed by atoms with van der Waals surface area (Å²) in [6.45, 7) is 4.41. The number of ether oxygens (including phenoxy) is 2. The van der Waals surface area contributed by atoms with Gasteiger partial charge >= 0.3 is 18.2 Å². The van der Waals surface area contributed by atoms with Crippen LogP contribution in [0.5, 0.6) is 0 Å². The molecule has 0 aromatic heterocycles. The number of fused-ring (bicyclic) bond motifs is 3. The SMILES string of the molecule is CCC.CN(Cc1cc(NC(=O)C(CCCNC(N)=O)NC(=O)CNC(=O)OCCN)ccc1CCl)C(=O)OCC1c2ccccc2-c2ccccc21. The van der Waals surface area contributed by atoms with Crippen LogP contribution in [0, 0.1) is 0 Å². The summed E-state index contributed by atoms with van der Waals surface area (Å²) in [7, 11) is 1.62. The van der Waals surface area contributed by atoms with Gasteiger partial charge in [0.15, 0.2) is 0 Å².